The number of rotatable bonds is 5. The molecule has 0 saturated carbocycles. The monoisotopic (exact) mass is 203 g/mol. The second-order valence-electron chi connectivity index (χ2n) is 3.45. The molecule has 0 aliphatic rings. The first-order chi connectivity index (χ1) is 7.24. The van der Waals surface area contributed by atoms with Crippen molar-refractivity contribution in [1.29, 1.82) is 0 Å². The molecule has 0 fully saturated rings. The average molecular weight is 203 g/mol. The van der Waals surface area contributed by atoms with E-state index in [1.54, 1.807) is 12.2 Å². The van der Waals surface area contributed by atoms with Gasteiger partial charge in [0.1, 0.15) is 0 Å². The minimum Gasteiger partial charge on any atom is -0.387 e. The summed E-state index contributed by atoms with van der Waals surface area (Å²) in [7, 11) is 0. The van der Waals surface area contributed by atoms with Gasteiger partial charge in [-0.1, -0.05) is 48.6 Å². The van der Waals surface area contributed by atoms with Crippen molar-refractivity contribution in [1.82, 2.24) is 0 Å². The molecule has 0 aromatic heterocycles. The maximum Gasteiger partial charge on any atom is 0.0878 e. The summed E-state index contributed by atoms with van der Waals surface area (Å²) in [5.41, 5.74) is 6.78. The summed E-state index contributed by atoms with van der Waals surface area (Å²) < 4.78 is 0. The molecule has 0 radical (unpaired) electrons. The van der Waals surface area contributed by atoms with Crippen LogP contribution in [0.5, 0.6) is 0 Å². The van der Waals surface area contributed by atoms with Crippen LogP contribution in [0.2, 0.25) is 0 Å². The number of aliphatic hydroxyl groups excluding tert-OH is 1. The van der Waals surface area contributed by atoms with Crippen LogP contribution in [0.4, 0.5) is 0 Å². The predicted molar refractivity (Wildman–Crippen MR) is 64.3 cm³/mol. The molecule has 2 atom stereocenters. The quantitative estimate of drug-likeness (QED) is 0.719. The molecule has 0 saturated heterocycles. The highest BCUT2D eigenvalue weighted by Gasteiger charge is 2.08. The third kappa shape index (κ3) is 4.11. The lowest BCUT2D eigenvalue weighted by Gasteiger charge is -2.12. The lowest BCUT2D eigenvalue weighted by molar-refractivity contribution is 0.192. The zero-order valence-corrected chi connectivity index (χ0v) is 8.71. The summed E-state index contributed by atoms with van der Waals surface area (Å²) in [4.78, 5) is 0. The molecule has 0 bridgehead atoms. The van der Waals surface area contributed by atoms with Gasteiger partial charge in [0, 0.05) is 6.04 Å². The Bertz CT molecular complexity index is 319. The highest BCUT2D eigenvalue weighted by molar-refractivity contribution is 5.49. The van der Waals surface area contributed by atoms with Gasteiger partial charge in [0.2, 0.25) is 0 Å². The van der Waals surface area contributed by atoms with E-state index in [2.05, 4.69) is 6.58 Å². The average Bonchev–Trinajstić information content (AvgIpc) is 2.27. The molecule has 2 nitrogen and oxygen atoms in total. The van der Waals surface area contributed by atoms with Crippen LogP contribution in [0.1, 0.15) is 12.0 Å². The Kier molecular flexibility index (Phi) is 4.81. The van der Waals surface area contributed by atoms with E-state index in [0.29, 0.717) is 6.42 Å². The maximum atomic E-state index is 9.65. The summed E-state index contributed by atoms with van der Waals surface area (Å²) in [5.74, 6) is 0. The van der Waals surface area contributed by atoms with Gasteiger partial charge in [0.25, 0.3) is 0 Å². The van der Waals surface area contributed by atoms with Crippen LogP contribution in [0.15, 0.2) is 49.1 Å². The molecule has 3 N–H and O–H groups in total. The topological polar surface area (TPSA) is 46.2 Å². The number of hydrogen-bond acceptors (Lipinski definition) is 2. The molecule has 0 unspecified atom stereocenters. The van der Waals surface area contributed by atoms with Crippen LogP contribution in [0, 0.1) is 0 Å². The molecular weight excluding hydrogens is 186 g/mol. The fraction of sp³-hybridized carbons (Fsp3) is 0.231. The minimum atomic E-state index is -0.622. The van der Waals surface area contributed by atoms with E-state index < -0.39 is 6.10 Å². The van der Waals surface area contributed by atoms with Crippen LogP contribution in [-0.2, 0) is 0 Å². The van der Waals surface area contributed by atoms with E-state index >= 15 is 0 Å². The van der Waals surface area contributed by atoms with Crippen molar-refractivity contribution in [3.05, 3.63) is 54.6 Å². The first-order valence-corrected chi connectivity index (χ1v) is 5.02. The van der Waals surface area contributed by atoms with Gasteiger partial charge in [0.15, 0.2) is 0 Å². The molecule has 0 heterocycles. The van der Waals surface area contributed by atoms with Crippen LogP contribution >= 0.6 is 0 Å². The smallest absolute Gasteiger partial charge is 0.0878 e. The molecule has 1 rings (SSSR count). The predicted octanol–water partition coefficient (Wildman–Crippen LogP) is 1.96. The van der Waals surface area contributed by atoms with Gasteiger partial charge < -0.3 is 10.8 Å². The Morgan fingerprint density at radius 1 is 1.33 bits per heavy atom. The summed E-state index contributed by atoms with van der Waals surface area (Å²) in [6.07, 6.45) is 5.28. The van der Waals surface area contributed by atoms with Crippen molar-refractivity contribution in [3.8, 4) is 0 Å². The van der Waals surface area contributed by atoms with Gasteiger partial charge >= 0.3 is 0 Å². The lowest BCUT2D eigenvalue weighted by atomic mass is 10.1. The Balaban J connectivity index is 2.54. The van der Waals surface area contributed by atoms with E-state index in [4.69, 9.17) is 5.73 Å². The normalized spacial score (nSPS) is 15.1. The number of nitrogens with two attached hydrogens (primary N) is 1. The minimum absolute atomic E-state index is 0.275. The molecule has 2 heteroatoms. The summed E-state index contributed by atoms with van der Waals surface area (Å²) in [6.45, 7) is 3.59. The second kappa shape index (κ2) is 6.17. The van der Waals surface area contributed by atoms with Crippen LogP contribution < -0.4 is 5.73 Å². The second-order valence-corrected chi connectivity index (χ2v) is 3.45. The molecule has 15 heavy (non-hydrogen) atoms. The zero-order valence-electron chi connectivity index (χ0n) is 8.71. The van der Waals surface area contributed by atoms with Crippen molar-refractivity contribution in [2.75, 3.05) is 0 Å². The van der Waals surface area contributed by atoms with Gasteiger partial charge in [-0.05, 0) is 12.0 Å². The molecule has 0 aliphatic heterocycles. The van der Waals surface area contributed by atoms with E-state index in [9.17, 15) is 5.11 Å². The summed E-state index contributed by atoms with van der Waals surface area (Å²) in [5, 5.41) is 9.65. The van der Waals surface area contributed by atoms with Crippen LogP contribution in [0.3, 0.4) is 0 Å². The van der Waals surface area contributed by atoms with Gasteiger partial charge in [-0.15, -0.1) is 6.58 Å². The standard InChI is InChI=1S/C13H17NO/c1-2-6-12(14)13(15)10-9-11-7-4-3-5-8-11/h2-5,7-10,12-13,15H,1,6,14H2/t12-,13-/m1/s1. The fourth-order valence-corrected chi connectivity index (χ4v) is 1.25. The van der Waals surface area contributed by atoms with Crippen molar-refractivity contribution < 1.29 is 5.11 Å². The third-order valence-corrected chi connectivity index (χ3v) is 2.16. The van der Waals surface area contributed by atoms with Gasteiger partial charge in [-0.25, -0.2) is 0 Å². The van der Waals surface area contributed by atoms with Crippen molar-refractivity contribution in [2.45, 2.75) is 18.6 Å². The number of aliphatic hydroxyl groups is 1. The van der Waals surface area contributed by atoms with E-state index in [1.807, 2.05) is 36.4 Å². The van der Waals surface area contributed by atoms with E-state index in [-0.39, 0.29) is 6.04 Å². The Morgan fingerprint density at radius 3 is 2.60 bits per heavy atom. The van der Waals surface area contributed by atoms with Gasteiger partial charge in [-0.2, -0.15) is 0 Å². The molecule has 0 aliphatic carbocycles. The maximum absolute atomic E-state index is 9.65. The SMILES string of the molecule is C=CC[C@@H](N)[C@H](O)C=Cc1ccccc1. The first kappa shape index (κ1) is 11.7. The van der Waals surface area contributed by atoms with E-state index in [1.165, 1.54) is 0 Å². The van der Waals surface area contributed by atoms with Gasteiger partial charge in [-0.3, -0.25) is 0 Å². The zero-order chi connectivity index (χ0) is 11.1. The van der Waals surface area contributed by atoms with Gasteiger partial charge in [0.05, 0.1) is 6.10 Å². The van der Waals surface area contributed by atoms with Crippen LogP contribution in [-0.4, -0.2) is 17.3 Å². The highest BCUT2D eigenvalue weighted by atomic mass is 16.3. The Morgan fingerprint density at radius 2 is 2.00 bits per heavy atom. The van der Waals surface area contributed by atoms with E-state index in [0.717, 1.165) is 5.56 Å². The van der Waals surface area contributed by atoms with Crippen LogP contribution in [0.25, 0.3) is 6.08 Å². The number of hydrogen-bond donors (Lipinski definition) is 2. The van der Waals surface area contributed by atoms with Crippen molar-refractivity contribution in [3.63, 3.8) is 0 Å². The molecule has 0 amide bonds. The fourth-order valence-electron chi connectivity index (χ4n) is 1.25. The highest BCUT2D eigenvalue weighted by Crippen LogP contribution is 2.04. The molecule has 0 spiro atoms. The Hall–Kier alpha value is -1.38. The largest absolute Gasteiger partial charge is 0.387 e. The number of benzene rings is 1. The first-order valence-electron chi connectivity index (χ1n) is 5.02. The Labute approximate surface area is 90.7 Å². The molecule has 80 valence electrons. The molecule has 1 aromatic rings. The van der Waals surface area contributed by atoms with Crippen molar-refractivity contribution >= 4 is 6.08 Å². The summed E-state index contributed by atoms with van der Waals surface area (Å²) >= 11 is 0. The van der Waals surface area contributed by atoms with Crippen molar-refractivity contribution in [2.24, 2.45) is 5.73 Å². The molecular formula is C13H17NO. The summed E-state index contributed by atoms with van der Waals surface area (Å²) in [6, 6.07) is 9.54. The lowest BCUT2D eigenvalue weighted by Crippen LogP contribution is -2.32. The third-order valence-electron chi connectivity index (χ3n) is 2.16. The molecule has 1 aromatic carbocycles.